The molecule has 0 bridgehead atoms. The summed E-state index contributed by atoms with van der Waals surface area (Å²) >= 11 is 0. The molecule has 2 aromatic carbocycles. The zero-order valence-electron chi connectivity index (χ0n) is 12.0. The highest BCUT2D eigenvalue weighted by atomic mass is 16.4. The first-order valence-electron chi connectivity index (χ1n) is 7.38. The zero-order valence-corrected chi connectivity index (χ0v) is 12.0. The van der Waals surface area contributed by atoms with Gasteiger partial charge in [0, 0.05) is 18.7 Å². The molecule has 1 fully saturated rings. The van der Waals surface area contributed by atoms with Crippen LogP contribution in [-0.4, -0.2) is 23.5 Å². The number of rotatable bonds is 2. The molecule has 4 rings (SSSR count). The van der Waals surface area contributed by atoms with E-state index in [0.29, 0.717) is 0 Å². The quantitative estimate of drug-likeness (QED) is 0.790. The Bertz CT molecular complexity index is 797. The van der Waals surface area contributed by atoms with Crippen LogP contribution in [0.15, 0.2) is 42.5 Å². The molecule has 1 aliphatic heterocycles. The molecule has 22 heavy (non-hydrogen) atoms. The predicted molar refractivity (Wildman–Crippen MR) is 82.8 cm³/mol. The van der Waals surface area contributed by atoms with E-state index in [1.807, 2.05) is 30.3 Å². The Morgan fingerprint density at radius 2 is 1.86 bits per heavy atom. The molecular weight excluding hydrogens is 278 g/mol. The van der Waals surface area contributed by atoms with E-state index in [1.54, 1.807) is 4.90 Å². The Kier molecular flexibility index (Phi) is 2.79. The van der Waals surface area contributed by atoms with E-state index in [2.05, 4.69) is 12.1 Å². The summed E-state index contributed by atoms with van der Waals surface area (Å²) < 4.78 is 0. The fourth-order valence-corrected chi connectivity index (χ4v) is 3.42. The van der Waals surface area contributed by atoms with Gasteiger partial charge in [-0.1, -0.05) is 30.3 Å². The normalized spacial score (nSPS) is 19.2. The van der Waals surface area contributed by atoms with Gasteiger partial charge < -0.3 is 10.0 Å². The molecule has 110 valence electrons. The molecule has 4 nitrogen and oxygen atoms in total. The van der Waals surface area contributed by atoms with E-state index in [4.69, 9.17) is 5.11 Å². The largest absolute Gasteiger partial charge is 0.481 e. The number of hydrogen-bond acceptors (Lipinski definition) is 2. The topological polar surface area (TPSA) is 57.6 Å². The van der Waals surface area contributed by atoms with Crippen LogP contribution in [0, 0.1) is 5.92 Å². The maximum Gasteiger partial charge on any atom is 0.308 e. The van der Waals surface area contributed by atoms with Gasteiger partial charge in [-0.05, 0) is 40.8 Å². The van der Waals surface area contributed by atoms with Crippen molar-refractivity contribution in [3.8, 4) is 11.1 Å². The number of nitrogens with zero attached hydrogens (tertiary/aromatic N) is 1. The van der Waals surface area contributed by atoms with Crippen LogP contribution >= 0.6 is 0 Å². The van der Waals surface area contributed by atoms with E-state index in [0.717, 1.165) is 12.1 Å². The molecule has 0 radical (unpaired) electrons. The smallest absolute Gasteiger partial charge is 0.308 e. The summed E-state index contributed by atoms with van der Waals surface area (Å²) in [5.41, 5.74) is 5.76. The summed E-state index contributed by atoms with van der Waals surface area (Å²) in [4.78, 5) is 24.8. The van der Waals surface area contributed by atoms with Crippen molar-refractivity contribution in [2.24, 2.45) is 5.92 Å². The number of anilines is 1. The third kappa shape index (κ3) is 1.91. The lowest BCUT2D eigenvalue weighted by atomic mass is 10.1. The van der Waals surface area contributed by atoms with Gasteiger partial charge in [0.25, 0.3) is 0 Å². The Balaban J connectivity index is 1.68. The van der Waals surface area contributed by atoms with Crippen molar-refractivity contribution in [2.75, 3.05) is 11.4 Å². The molecule has 2 aromatic rings. The Hall–Kier alpha value is -2.62. The molecule has 2 aliphatic rings. The number of carbonyl (C=O) groups is 2. The van der Waals surface area contributed by atoms with Gasteiger partial charge in [-0.3, -0.25) is 9.59 Å². The van der Waals surface area contributed by atoms with E-state index in [9.17, 15) is 9.59 Å². The molecule has 1 saturated heterocycles. The lowest BCUT2D eigenvalue weighted by Crippen LogP contribution is -2.25. The van der Waals surface area contributed by atoms with E-state index in [1.165, 1.54) is 22.3 Å². The van der Waals surface area contributed by atoms with E-state index < -0.39 is 11.9 Å². The fourth-order valence-electron chi connectivity index (χ4n) is 3.42. The monoisotopic (exact) mass is 293 g/mol. The van der Waals surface area contributed by atoms with Crippen molar-refractivity contribution in [2.45, 2.75) is 12.8 Å². The number of fused-ring (bicyclic) bond motifs is 3. The maximum absolute atomic E-state index is 12.1. The number of carbonyl (C=O) groups excluding carboxylic acids is 1. The lowest BCUT2D eigenvalue weighted by molar-refractivity contribution is -0.141. The highest BCUT2D eigenvalue weighted by Gasteiger charge is 2.35. The van der Waals surface area contributed by atoms with Crippen LogP contribution in [0.4, 0.5) is 5.69 Å². The van der Waals surface area contributed by atoms with Crippen molar-refractivity contribution >= 4 is 17.6 Å². The van der Waals surface area contributed by atoms with Gasteiger partial charge in [0.1, 0.15) is 0 Å². The average molecular weight is 293 g/mol. The van der Waals surface area contributed by atoms with Gasteiger partial charge in [0.05, 0.1) is 5.92 Å². The Labute approximate surface area is 128 Å². The van der Waals surface area contributed by atoms with Gasteiger partial charge in [-0.2, -0.15) is 0 Å². The first-order valence-corrected chi connectivity index (χ1v) is 7.38. The summed E-state index contributed by atoms with van der Waals surface area (Å²) in [5, 5.41) is 9.09. The molecule has 1 heterocycles. The zero-order chi connectivity index (χ0) is 15.3. The van der Waals surface area contributed by atoms with Crippen LogP contribution in [0.2, 0.25) is 0 Å². The number of amides is 1. The van der Waals surface area contributed by atoms with Crippen LogP contribution in [-0.2, 0) is 16.0 Å². The SMILES string of the molecule is O=C(O)[C@@H]1CC(=O)N(c2ccc3c(c2)Cc2ccccc2-3)C1. The highest BCUT2D eigenvalue weighted by Crippen LogP contribution is 2.39. The minimum absolute atomic E-state index is 0.0899. The van der Waals surface area contributed by atoms with Crippen LogP contribution < -0.4 is 4.90 Å². The second-order valence-corrected chi connectivity index (χ2v) is 5.92. The van der Waals surface area contributed by atoms with Crippen molar-refractivity contribution in [1.82, 2.24) is 0 Å². The Morgan fingerprint density at radius 1 is 1.09 bits per heavy atom. The van der Waals surface area contributed by atoms with Crippen molar-refractivity contribution < 1.29 is 14.7 Å². The molecule has 1 amide bonds. The summed E-state index contributed by atoms with van der Waals surface area (Å²) in [7, 11) is 0. The van der Waals surface area contributed by atoms with Gasteiger partial charge in [0.15, 0.2) is 0 Å². The van der Waals surface area contributed by atoms with E-state index >= 15 is 0 Å². The van der Waals surface area contributed by atoms with Gasteiger partial charge >= 0.3 is 5.97 Å². The number of carboxylic acids is 1. The molecular formula is C18H15NO3. The first-order chi connectivity index (χ1) is 10.6. The summed E-state index contributed by atoms with van der Waals surface area (Å²) in [6.45, 7) is 0.264. The average Bonchev–Trinajstić information content (AvgIpc) is 3.07. The van der Waals surface area contributed by atoms with Gasteiger partial charge in [-0.25, -0.2) is 0 Å². The number of hydrogen-bond donors (Lipinski definition) is 1. The molecule has 1 atom stereocenters. The van der Waals surface area contributed by atoms with Crippen LogP contribution in [0.1, 0.15) is 17.5 Å². The summed E-state index contributed by atoms with van der Waals surface area (Å²) in [5.74, 6) is -1.61. The fraction of sp³-hybridized carbons (Fsp3) is 0.222. The second kappa shape index (κ2) is 4.70. The third-order valence-corrected chi connectivity index (χ3v) is 4.56. The highest BCUT2D eigenvalue weighted by molar-refractivity contribution is 5.99. The summed E-state index contributed by atoms with van der Waals surface area (Å²) in [6, 6.07) is 14.3. The van der Waals surface area contributed by atoms with Crippen molar-refractivity contribution in [3.05, 3.63) is 53.6 Å². The lowest BCUT2D eigenvalue weighted by Gasteiger charge is -2.17. The second-order valence-electron chi connectivity index (χ2n) is 5.92. The van der Waals surface area contributed by atoms with Crippen LogP contribution in [0.3, 0.4) is 0 Å². The molecule has 1 aliphatic carbocycles. The minimum atomic E-state index is -0.899. The van der Waals surface area contributed by atoms with E-state index in [-0.39, 0.29) is 18.9 Å². The van der Waals surface area contributed by atoms with Gasteiger partial charge in [-0.15, -0.1) is 0 Å². The molecule has 0 saturated carbocycles. The van der Waals surface area contributed by atoms with Crippen LogP contribution in [0.25, 0.3) is 11.1 Å². The predicted octanol–water partition coefficient (Wildman–Crippen LogP) is 2.70. The minimum Gasteiger partial charge on any atom is -0.481 e. The first kappa shape index (κ1) is 13.1. The van der Waals surface area contributed by atoms with Gasteiger partial charge in [0.2, 0.25) is 5.91 Å². The number of aliphatic carboxylic acids is 1. The standard InChI is InChI=1S/C18H15NO3/c20-17-9-13(18(21)22)10-19(17)14-5-6-16-12(8-14)7-11-3-1-2-4-15(11)16/h1-6,8,13H,7,9-10H2,(H,21,22)/t13-/m1/s1. The molecule has 4 heteroatoms. The number of benzene rings is 2. The maximum atomic E-state index is 12.1. The Morgan fingerprint density at radius 3 is 2.64 bits per heavy atom. The molecule has 1 N–H and O–H groups in total. The third-order valence-electron chi connectivity index (χ3n) is 4.56. The van der Waals surface area contributed by atoms with Crippen molar-refractivity contribution in [3.63, 3.8) is 0 Å². The van der Waals surface area contributed by atoms with Crippen molar-refractivity contribution in [1.29, 1.82) is 0 Å². The number of carboxylic acid groups (broad SMARTS) is 1. The van der Waals surface area contributed by atoms with Crippen LogP contribution in [0.5, 0.6) is 0 Å². The summed E-state index contributed by atoms with van der Waals surface area (Å²) in [6.07, 6.45) is 0.955. The molecule has 0 spiro atoms. The molecule has 0 unspecified atom stereocenters. The molecule has 0 aromatic heterocycles.